The van der Waals surface area contributed by atoms with Crippen LogP contribution in [0.25, 0.3) is 0 Å². The van der Waals surface area contributed by atoms with Crippen molar-refractivity contribution in [2.24, 2.45) is 23.9 Å². The second-order valence-corrected chi connectivity index (χ2v) is 7.23. The van der Waals surface area contributed by atoms with E-state index in [1.165, 1.54) is 4.31 Å². The van der Waals surface area contributed by atoms with Crippen molar-refractivity contribution in [1.29, 1.82) is 0 Å². The Kier molecular flexibility index (Phi) is 4.24. The lowest BCUT2D eigenvalue weighted by atomic mass is 9.99. The van der Waals surface area contributed by atoms with E-state index in [0.29, 0.717) is 30.8 Å². The van der Waals surface area contributed by atoms with Gasteiger partial charge in [0.1, 0.15) is 10.7 Å². The van der Waals surface area contributed by atoms with Gasteiger partial charge in [0, 0.05) is 26.1 Å². The average Bonchev–Trinajstić information content (AvgIpc) is 2.71. The van der Waals surface area contributed by atoms with Gasteiger partial charge in [-0.2, -0.15) is 9.40 Å². The molecule has 1 fully saturated rings. The Bertz CT molecular complexity index is 665. The van der Waals surface area contributed by atoms with Crippen molar-refractivity contribution in [3.8, 4) is 0 Å². The van der Waals surface area contributed by atoms with Crippen molar-refractivity contribution in [2.45, 2.75) is 31.6 Å². The van der Waals surface area contributed by atoms with Crippen LogP contribution in [0.1, 0.15) is 24.2 Å². The molecule has 2 rings (SSSR count). The molecule has 8 nitrogen and oxygen atoms in total. The molecule has 3 N–H and O–H groups in total. The molecule has 1 aliphatic heterocycles. The summed E-state index contributed by atoms with van der Waals surface area (Å²) in [6.07, 6.45) is 1.39. The topological polar surface area (TPSA) is 114 Å². The summed E-state index contributed by atoms with van der Waals surface area (Å²) >= 11 is 0. The van der Waals surface area contributed by atoms with Gasteiger partial charge in [0.05, 0.1) is 11.4 Å². The fourth-order valence-corrected chi connectivity index (χ4v) is 4.66. The zero-order valence-corrected chi connectivity index (χ0v) is 13.3. The van der Waals surface area contributed by atoms with E-state index in [9.17, 15) is 8.42 Å². The third-order valence-corrected chi connectivity index (χ3v) is 6.08. The number of aromatic nitrogens is 2. The summed E-state index contributed by atoms with van der Waals surface area (Å²) in [7, 11) is -1.90. The first-order valence-corrected chi connectivity index (χ1v) is 8.20. The van der Waals surface area contributed by atoms with Crippen LogP contribution in [0.3, 0.4) is 0 Å². The van der Waals surface area contributed by atoms with E-state index >= 15 is 0 Å². The van der Waals surface area contributed by atoms with E-state index in [1.54, 1.807) is 25.6 Å². The van der Waals surface area contributed by atoms with Crippen LogP contribution in [0, 0.1) is 19.8 Å². The molecule has 9 heteroatoms. The molecule has 1 atom stereocenters. The summed E-state index contributed by atoms with van der Waals surface area (Å²) < 4.78 is 28.6. The molecule has 0 radical (unpaired) electrons. The Hall–Kier alpha value is -1.61. The second kappa shape index (κ2) is 5.64. The summed E-state index contributed by atoms with van der Waals surface area (Å²) in [5.41, 5.74) is 6.71. The molecule has 0 bridgehead atoms. The van der Waals surface area contributed by atoms with Crippen LogP contribution in [0.15, 0.2) is 10.1 Å². The number of amidine groups is 1. The van der Waals surface area contributed by atoms with E-state index < -0.39 is 10.0 Å². The van der Waals surface area contributed by atoms with Crippen LogP contribution in [-0.2, 0) is 17.1 Å². The maximum absolute atomic E-state index is 12.8. The summed E-state index contributed by atoms with van der Waals surface area (Å²) in [5.74, 6) is -0.176. The van der Waals surface area contributed by atoms with Crippen LogP contribution >= 0.6 is 0 Å². The fraction of sp³-hybridized carbons (Fsp3) is 0.667. The number of aryl methyl sites for hydroxylation is 2. The largest absolute Gasteiger partial charge is 0.409 e. The highest BCUT2D eigenvalue weighted by atomic mass is 32.2. The molecule has 1 aromatic heterocycles. The zero-order valence-electron chi connectivity index (χ0n) is 12.4. The van der Waals surface area contributed by atoms with Crippen LogP contribution in [0.4, 0.5) is 0 Å². The molecule has 0 aromatic carbocycles. The molecule has 1 aliphatic rings. The third kappa shape index (κ3) is 2.75. The third-order valence-electron chi connectivity index (χ3n) is 3.96. The van der Waals surface area contributed by atoms with Crippen molar-refractivity contribution in [3.63, 3.8) is 0 Å². The second-order valence-electron chi connectivity index (χ2n) is 5.35. The predicted molar refractivity (Wildman–Crippen MR) is 77.6 cm³/mol. The molecule has 0 spiro atoms. The standard InChI is InChI=1S/C12H21N5O3S/c1-8-11(9(2)16(3)14-8)21(19,20)17-6-4-5-10(7-17)12(13)15-18/h10,18H,4-7H2,1-3H3,(H2,13,15). The van der Waals surface area contributed by atoms with E-state index in [-0.39, 0.29) is 23.2 Å². The van der Waals surface area contributed by atoms with Crippen molar-refractivity contribution in [3.05, 3.63) is 11.4 Å². The summed E-state index contributed by atoms with van der Waals surface area (Å²) in [5, 5.41) is 15.9. The highest BCUT2D eigenvalue weighted by Crippen LogP contribution is 2.27. The number of piperidine rings is 1. The molecule has 0 amide bonds. The lowest BCUT2D eigenvalue weighted by molar-refractivity contribution is 0.287. The molecule has 118 valence electrons. The maximum atomic E-state index is 12.8. The van der Waals surface area contributed by atoms with Gasteiger partial charge in [-0.1, -0.05) is 5.16 Å². The Morgan fingerprint density at radius 1 is 1.48 bits per heavy atom. The first-order valence-electron chi connectivity index (χ1n) is 6.76. The Balaban J connectivity index is 2.35. The molecule has 0 aliphatic carbocycles. The molecule has 2 heterocycles. The molecular formula is C12H21N5O3S. The van der Waals surface area contributed by atoms with Crippen LogP contribution in [0.5, 0.6) is 0 Å². The predicted octanol–water partition coefficient (Wildman–Crippen LogP) is 0.184. The van der Waals surface area contributed by atoms with E-state index in [1.807, 2.05) is 0 Å². The summed E-state index contributed by atoms with van der Waals surface area (Å²) in [4.78, 5) is 0.255. The van der Waals surface area contributed by atoms with Gasteiger partial charge < -0.3 is 10.9 Å². The molecule has 1 unspecified atom stereocenters. The lowest BCUT2D eigenvalue weighted by Gasteiger charge is -2.31. The minimum absolute atomic E-state index is 0.0783. The Morgan fingerprint density at radius 3 is 2.67 bits per heavy atom. The summed E-state index contributed by atoms with van der Waals surface area (Å²) in [6.45, 7) is 4.08. The van der Waals surface area contributed by atoms with Gasteiger partial charge in [-0.15, -0.1) is 0 Å². The van der Waals surface area contributed by atoms with Crippen LogP contribution < -0.4 is 5.73 Å². The van der Waals surface area contributed by atoms with Crippen molar-refractivity contribution in [2.75, 3.05) is 13.1 Å². The van der Waals surface area contributed by atoms with Crippen molar-refractivity contribution >= 4 is 15.9 Å². The molecule has 0 saturated carbocycles. The number of hydrogen-bond donors (Lipinski definition) is 2. The molecule has 1 saturated heterocycles. The normalized spacial score (nSPS) is 21.7. The Labute approximate surface area is 124 Å². The molecule has 1 aromatic rings. The lowest BCUT2D eigenvalue weighted by Crippen LogP contribution is -2.44. The number of hydrogen-bond acceptors (Lipinski definition) is 5. The average molecular weight is 315 g/mol. The van der Waals surface area contributed by atoms with Gasteiger partial charge >= 0.3 is 0 Å². The minimum atomic E-state index is -3.62. The summed E-state index contributed by atoms with van der Waals surface area (Å²) in [6, 6.07) is 0. The number of oxime groups is 1. The zero-order chi connectivity index (χ0) is 15.8. The smallest absolute Gasteiger partial charge is 0.246 e. The van der Waals surface area contributed by atoms with Gasteiger partial charge in [-0.25, -0.2) is 8.42 Å². The van der Waals surface area contributed by atoms with E-state index in [2.05, 4.69) is 10.3 Å². The van der Waals surface area contributed by atoms with Gasteiger partial charge in [-0.05, 0) is 26.7 Å². The number of rotatable bonds is 3. The first kappa shape index (κ1) is 15.8. The number of nitrogens with zero attached hydrogens (tertiary/aromatic N) is 4. The van der Waals surface area contributed by atoms with Crippen molar-refractivity contribution in [1.82, 2.24) is 14.1 Å². The van der Waals surface area contributed by atoms with Gasteiger partial charge in [0.15, 0.2) is 0 Å². The maximum Gasteiger partial charge on any atom is 0.246 e. The van der Waals surface area contributed by atoms with Crippen LogP contribution in [0.2, 0.25) is 0 Å². The highest BCUT2D eigenvalue weighted by Gasteiger charge is 2.35. The van der Waals surface area contributed by atoms with E-state index in [4.69, 9.17) is 10.9 Å². The van der Waals surface area contributed by atoms with Gasteiger partial charge in [0.2, 0.25) is 10.0 Å². The monoisotopic (exact) mass is 315 g/mol. The van der Waals surface area contributed by atoms with Crippen LogP contribution in [-0.4, -0.2) is 46.6 Å². The SMILES string of the molecule is Cc1nn(C)c(C)c1S(=O)(=O)N1CCCC(C(N)=NO)C1. The quantitative estimate of drug-likeness (QED) is 0.357. The number of sulfonamides is 1. The number of nitrogens with two attached hydrogens (primary N) is 1. The Morgan fingerprint density at radius 2 is 2.14 bits per heavy atom. The van der Waals surface area contributed by atoms with Gasteiger partial charge in [-0.3, -0.25) is 4.68 Å². The van der Waals surface area contributed by atoms with E-state index in [0.717, 1.165) is 0 Å². The minimum Gasteiger partial charge on any atom is -0.409 e. The van der Waals surface area contributed by atoms with Gasteiger partial charge in [0.25, 0.3) is 0 Å². The molecular weight excluding hydrogens is 294 g/mol. The molecule has 21 heavy (non-hydrogen) atoms. The van der Waals surface area contributed by atoms with Crippen molar-refractivity contribution < 1.29 is 13.6 Å². The first-order chi connectivity index (χ1) is 9.78. The highest BCUT2D eigenvalue weighted by molar-refractivity contribution is 7.89. The fourth-order valence-electron chi connectivity index (χ4n) is 2.74.